The van der Waals surface area contributed by atoms with Crippen molar-refractivity contribution < 1.29 is 54.8 Å². The van der Waals surface area contributed by atoms with Gasteiger partial charge in [-0.25, -0.2) is 18.7 Å². The van der Waals surface area contributed by atoms with Gasteiger partial charge in [-0.2, -0.15) is 27.3 Å². The molecule has 4 heterocycles. The first-order valence-electron chi connectivity index (χ1n) is 25.9. The van der Waals surface area contributed by atoms with E-state index in [9.17, 15) is 31.0 Å². The van der Waals surface area contributed by atoms with Crippen molar-refractivity contribution in [3.05, 3.63) is 156 Å². The molecular formula is C57H57N10O12S3+. The maximum absolute atomic E-state index is 15.0. The van der Waals surface area contributed by atoms with Gasteiger partial charge >= 0.3 is 0 Å². The molecule has 2 aliphatic heterocycles. The molecule has 2 aromatic heterocycles. The van der Waals surface area contributed by atoms with Crippen molar-refractivity contribution in [1.29, 1.82) is 0 Å². The summed E-state index contributed by atoms with van der Waals surface area (Å²) in [6, 6.07) is 38.8. The summed E-state index contributed by atoms with van der Waals surface area (Å²) >= 11 is 0.840. The van der Waals surface area contributed by atoms with Gasteiger partial charge in [-0.1, -0.05) is 47.5 Å². The maximum atomic E-state index is 15.0. The fraction of sp³-hybridized carbons (Fsp3) is 0.228. The number of piperidine rings is 1. The lowest BCUT2D eigenvalue weighted by atomic mass is 9.93. The Bertz CT molecular complexity index is 4100. The van der Waals surface area contributed by atoms with E-state index in [0.717, 1.165) is 34.5 Å². The Balaban J connectivity index is 0.849. The number of nitrogen functional groups attached to an aromatic ring is 1. The number of nitrogens with one attached hydrogen (secondary N) is 2. The van der Waals surface area contributed by atoms with Crippen LogP contribution in [0, 0.1) is 5.92 Å². The molecule has 2 amide bonds. The first kappa shape index (κ1) is 57.0. The number of rotatable bonds is 20. The molecule has 22 nitrogen and oxygen atoms in total. The number of carbonyl (C=O) groups excluding carboxylic acids is 2. The third-order valence-electron chi connectivity index (χ3n) is 14.2. The third-order valence-corrected chi connectivity index (χ3v) is 17.7. The van der Waals surface area contributed by atoms with Gasteiger partial charge in [0.25, 0.3) is 10.1 Å². The summed E-state index contributed by atoms with van der Waals surface area (Å²) in [4.78, 5) is 40.6. The van der Waals surface area contributed by atoms with Gasteiger partial charge < -0.3 is 35.0 Å². The van der Waals surface area contributed by atoms with E-state index in [1.807, 2.05) is 93.9 Å². The molecule has 0 bridgehead atoms. The molecule has 0 saturated carbocycles. The molecule has 25 heteroatoms. The molecule has 0 radical (unpaired) electrons. The molecule has 424 valence electrons. The van der Waals surface area contributed by atoms with Crippen molar-refractivity contribution in [2.75, 3.05) is 44.4 Å². The van der Waals surface area contributed by atoms with Crippen LogP contribution in [0.5, 0.6) is 5.88 Å². The van der Waals surface area contributed by atoms with E-state index in [2.05, 4.69) is 35.0 Å². The summed E-state index contributed by atoms with van der Waals surface area (Å²) in [5.41, 5.74) is 13.2. The number of amides is 2. The van der Waals surface area contributed by atoms with Crippen LogP contribution in [0.4, 0.5) is 23.0 Å². The Morgan fingerprint density at radius 3 is 2.30 bits per heavy atom. The van der Waals surface area contributed by atoms with Gasteiger partial charge in [0.15, 0.2) is 11.2 Å². The molecule has 10 rings (SSSR count). The predicted molar refractivity (Wildman–Crippen MR) is 308 cm³/mol. The van der Waals surface area contributed by atoms with E-state index in [1.54, 1.807) is 61.9 Å². The van der Waals surface area contributed by atoms with Crippen molar-refractivity contribution in [3.63, 3.8) is 0 Å². The van der Waals surface area contributed by atoms with Crippen molar-refractivity contribution in [2.45, 2.75) is 60.6 Å². The molecule has 0 atom stereocenters. The van der Waals surface area contributed by atoms with Crippen LogP contribution in [0.15, 0.2) is 159 Å². The number of ether oxygens (including phenoxy) is 1. The Morgan fingerprint density at radius 2 is 1.59 bits per heavy atom. The molecule has 1 aliphatic carbocycles. The van der Waals surface area contributed by atoms with Crippen LogP contribution >= 0.6 is 12.0 Å². The largest absolute Gasteiger partial charge is 0.471 e. The lowest BCUT2D eigenvalue weighted by Crippen LogP contribution is -2.43. The highest BCUT2D eigenvalue weighted by Gasteiger charge is 2.35. The van der Waals surface area contributed by atoms with Crippen LogP contribution < -0.4 is 35.9 Å². The molecule has 0 unspecified atom stereocenters. The Labute approximate surface area is 476 Å². The minimum atomic E-state index is -4.41. The number of hydrogen-bond acceptors (Lipinski definition) is 17. The lowest BCUT2D eigenvalue weighted by molar-refractivity contribution is -0.432. The van der Waals surface area contributed by atoms with E-state index in [4.69, 9.17) is 20.1 Å². The molecule has 1 saturated heterocycles. The first-order valence-corrected chi connectivity index (χ1v) is 29.5. The summed E-state index contributed by atoms with van der Waals surface area (Å²) in [6.45, 7) is 3.15. The zero-order valence-corrected chi connectivity index (χ0v) is 47.1. The second kappa shape index (κ2) is 24.4. The topological polar surface area (TPSA) is 287 Å². The molecule has 1 fully saturated rings. The van der Waals surface area contributed by atoms with E-state index >= 15 is 0 Å². The molecule has 5 aromatic carbocycles. The van der Waals surface area contributed by atoms with Crippen LogP contribution in [0.25, 0.3) is 44.6 Å². The van der Waals surface area contributed by atoms with Crippen molar-refractivity contribution in [2.24, 2.45) is 5.92 Å². The third kappa shape index (κ3) is 12.6. The smallest absolute Gasteiger partial charge is 0.294 e. The highest BCUT2D eigenvalue weighted by Crippen LogP contribution is 2.44. The Kier molecular flexibility index (Phi) is 17.0. The minimum absolute atomic E-state index is 0.0205. The predicted octanol–water partition coefficient (Wildman–Crippen LogP) is 7.93. The Hall–Kier alpha value is -8.27. The average Bonchev–Trinajstić information content (AvgIpc) is 4.02. The van der Waals surface area contributed by atoms with Gasteiger partial charge in [0.1, 0.15) is 25.0 Å². The maximum Gasteiger partial charge on any atom is 0.294 e. The van der Waals surface area contributed by atoms with E-state index < -0.39 is 26.1 Å². The average molecular weight is 1170 g/mol. The molecule has 3 aliphatic rings. The van der Waals surface area contributed by atoms with Gasteiger partial charge in [-0.15, -0.1) is 4.33 Å². The highest BCUT2D eigenvalue weighted by molar-refractivity contribution is 7.94. The number of benzene rings is 6. The fourth-order valence-corrected chi connectivity index (χ4v) is 12.3. The van der Waals surface area contributed by atoms with Gasteiger partial charge in [-0.3, -0.25) is 14.1 Å². The number of nitrogens with zero attached hydrogens (tertiary/aromatic N) is 7. The highest BCUT2D eigenvalue weighted by atomic mass is 32.2. The second-order valence-electron chi connectivity index (χ2n) is 19.5. The summed E-state index contributed by atoms with van der Waals surface area (Å²) in [5.74, 6) is 0.0112. The summed E-state index contributed by atoms with van der Waals surface area (Å²) in [7, 11) is -4.87. The number of carbonyl (C=O) groups is 2. The summed E-state index contributed by atoms with van der Waals surface area (Å²) < 4.78 is 85.5. The zero-order chi connectivity index (χ0) is 57.7. The molecule has 82 heavy (non-hydrogen) atoms. The van der Waals surface area contributed by atoms with E-state index in [0.29, 0.717) is 99.4 Å². The zero-order valence-electron chi connectivity index (χ0n) is 44.6. The molecule has 7 aromatic rings. The number of anilines is 3. The van der Waals surface area contributed by atoms with Crippen molar-refractivity contribution >= 4 is 89.1 Å². The van der Waals surface area contributed by atoms with Gasteiger partial charge in [0, 0.05) is 115 Å². The van der Waals surface area contributed by atoms with Gasteiger partial charge in [0.05, 0.1) is 34.2 Å². The Morgan fingerprint density at radius 1 is 0.866 bits per heavy atom. The number of fused-ring (bicyclic) bond motifs is 3. The monoisotopic (exact) mass is 1170 g/mol. The van der Waals surface area contributed by atoms with Crippen molar-refractivity contribution in [3.8, 4) is 28.3 Å². The van der Waals surface area contributed by atoms with Crippen LogP contribution in [0.1, 0.15) is 37.3 Å². The SMILES string of the molecule is CC(=O)NCc1ccc(COc2nc(N)nc3c2ncn3CCCNC(=O)C2CCN(S(=O)(=O)c3ccccc3-c3c4cc/c(=[N+](/C)c5ccc(S(=O)(=O)O)cc5)cc-4oc4cc(N(C)c5ccc(SOOO)cc5)ccc34)CC2)cc1. The number of hydrogen-bond donors (Lipinski definition) is 5. The van der Waals surface area contributed by atoms with Crippen LogP contribution in [-0.4, -0.2) is 96.0 Å². The van der Waals surface area contributed by atoms with E-state index in [-0.39, 0.29) is 53.1 Å². The molecule has 0 spiro atoms. The van der Waals surface area contributed by atoms with Gasteiger partial charge in [0.2, 0.25) is 44.7 Å². The number of imidazole rings is 1. The number of nitrogens with two attached hydrogens (primary N) is 1. The number of aromatic nitrogens is 4. The quantitative estimate of drug-likeness (QED) is 0.00921. The normalized spacial score (nSPS) is 13.8. The second-order valence-corrected chi connectivity index (χ2v) is 23.6. The van der Waals surface area contributed by atoms with E-state index in [1.165, 1.54) is 23.4 Å². The van der Waals surface area contributed by atoms with Crippen LogP contribution in [0.2, 0.25) is 0 Å². The fourth-order valence-electron chi connectivity index (χ4n) is 9.83. The standard InChI is InChI=1S/C57H56N10O12S3/c1-36(68)60-33-37-9-11-38(12-10-37)34-76-56-53-54(62-57(58)63-56)66(35-61-53)28-6-27-59-55(69)39-25-29-67(30-26-39)81(71,72)51-8-5-4-7-48(51)52-46-23-17-42(64(2)40-13-19-44(20-14-40)80-79-78-70)31-49(46)77-50-32-43(18-24-47(50)52)65(3)41-15-21-45(22-16-41)82(73,74)75/h4-5,7-24,31-32,35,39H,6,25-30,33-34H2,1-3H3,(H5-,58,59,60,62,63,68,69,70,73,74,75)/p+1. The molecule has 6 N–H and O–H groups in total. The van der Waals surface area contributed by atoms with Crippen molar-refractivity contribution in [1.82, 2.24) is 39.0 Å². The summed E-state index contributed by atoms with van der Waals surface area (Å²) in [5, 5.41) is 19.5. The first-order chi connectivity index (χ1) is 39.4. The van der Waals surface area contributed by atoms with Gasteiger partial charge in [-0.05, 0) is 91.1 Å². The summed E-state index contributed by atoms with van der Waals surface area (Å²) in [6.07, 6.45) is 2.79. The van der Waals surface area contributed by atoms with Crippen LogP contribution in [-0.2, 0) is 58.8 Å². The molecular weight excluding hydrogens is 1110 g/mol. The number of sulfonamides is 1. The minimum Gasteiger partial charge on any atom is -0.471 e. The lowest BCUT2D eigenvalue weighted by Gasteiger charge is -2.31. The van der Waals surface area contributed by atoms with Crippen LogP contribution in [0.3, 0.4) is 0 Å². The number of aryl methyl sites for hydroxylation is 1.